The molecule has 90 valence electrons. The number of oxime groups is 1. The molecule has 2 N–H and O–H groups in total. The molecular weight excluding hydrogens is 218 g/mol. The number of aliphatic hydroxyl groups is 1. The van der Waals surface area contributed by atoms with Crippen LogP contribution in [-0.2, 0) is 9.84 Å². The highest BCUT2D eigenvalue weighted by Crippen LogP contribution is 2.22. The maximum Gasteiger partial charge on any atom is 0.160 e. The van der Waals surface area contributed by atoms with E-state index < -0.39 is 27.1 Å². The highest BCUT2D eigenvalue weighted by molar-refractivity contribution is 7.92. The molecule has 1 atom stereocenters. The Balaban J connectivity index is 5.33. The van der Waals surface area contributed by atoms with E-state index in [-0.39, 0.29) is 11.5 Å². The third kappa shape index (κ3) is 3.46. The molecule has 0 radical (unpaired) electrons. The van der Waals surface area contributed by atoms with Crippen molar-refractivity contribution in [3.8, 4) is 0 Å². The van der Waals surface area contributed by atoms with Crippen molar-refractivity contribution < 1.29 is 18.7 Å². The summed E-state index contributed by atoms with van der Waals surface area (Å²) >= 11 is 0. The van der Waals surface area contributed by atoms with Gasteiger partial charge in [-0.1, -0.05) is 32.9 Å². The largest absolute Gasteiger partial charge is 0.411 e. The van der Waals surface area contributed by atoms with Gasteiger partial charge >= 0.3 is 0 Å². The van der Waals surface area contributed by atoms with Crippen LogP contribution < -0.4 is 0 Å². The zero-order chi connectivity index (χ0) is 12.3. The molecule has 6 heteroatoms. The number of rotatable bonds is 4. The molecule has 0 aromatic carbocycles. The van der Waals surface area contributed by atoms with Crippen LogP contribution in [0.2, 0.25) is 0 Å². The van der Waals surface area contributed by atoms with Crippen molar-refractivity contribution in [2.45, 2.75) is 32.9 Å². The van der Waals surface area contributed by atoms with Crippen LogP contribution in [-0.4, -0.2) is 42.1 Å². The van der Waals surface area contributed by atoms with E-state index in [0.717, 1.165) is 0 Å². The quantitative estimate of drug-likeness (QED) is 0.427. The second-order valence-corrected chi connectivity index (χ2v) is 6.83. The Hall–Kier alpha value is -0.620. The van der Waals surface area contributed by atoms with Gasteiger partial charge in [0.25, 0.3) is 0 Å². The zero-order valence-corrected chi connectivity index (χ0v) is 10.4. The van der Waals surface area contributed by atoms with Crippen LogP contribution in [0.4, 0.5) is 0 Å². The van der Waals surface area contributed by atoms with Crippen molar-refractivity contribution in [1.29, 1.82) is 0 Å². The van der Waals surface area contributed by atoms with Crippen LogP contribution >= 0.6 is 0 Å². The molecule has 0 aliphatic rings. The molecule has 0 fully saturated rings. The Morgan fingerprint density at radius 3 is 2.07 bits per heavy atom. The Bertz CT molecular complexity index is 327. The first-order valence-electron chi connectivity index (χ1n) is 4.75. The number of hydrogen-bond donors (Lipinski definition) is 2. The fraction of sp³-hybridized carbons (Fsp3) is 0.889. The van der Waals surface area contributed by atoms with Gasteiger partial charge in [0.1, 0.15) is 5.25 Å². The molecule has 0 aromatic heterocycles. The van der Waals surface area contributed by atoms with Gasteiger partial charge in [0.15, 0.2) is 9.84 Å². The Labute approximate surface area is 90.7 Å². The highest BCUT2D eigenvalue weighted by atomic mass is 32.2. The Morgan fingerprint density at radius 2 is 1.87 bits per heavy atom. The zero-order valence-electron chi connectivity index (χ0n) is 9.56. The smallest absolute Gasteiger partial charge is 0.160 e. The number of nitrogens with zero attached hydrogens (tertiary/aromatic N) is 1. The Morgan fingerprint density at radius 1 is 1.40 bits per heavy atom. The summed E-state index contributed by atoms with van der Waals surface area (Å²) in [7, 11) is -3.45. The van der Waals surface area contributed by atoms with Gasteiger partial charge in [-0.25, -0.2) is 8.42 Å². The normalized spacial score (nSPS) is 16.5. The fourth-order valence-corrected chi connectivity index (χ4v) is 2.64. The topological polar surface area (TPSA) is 87.0 Å². The van der Waals surface area contributed by atoms with E-state index in [1.54, 1.807) is 20.8 Å². The molecular formula is C9H19NO4S. The van der Waals surface area contributed by atoms with Gasteiger partial charge in [-0.05, 0) is 0 Å². The fourth-order valence-electron chi connectivity index (χ4n) is 1.27. The van der Waals surface area contributed by atoms with Gasteiger partial charge < -0.3 is 10.3 Å². The van der Waals surface area contributed by atoms with Crippen LogP contribution in [0.1, 0.15) is 27.7 Å². The van der Waals surface area contributed by atoms with Crippen molar-refractivity contribution >= 4 is 15.5 Å². The lowest BCUT2D eigenvalue weighted by Crippen LogP contribution is -2.41. The molecule has 5 nitrogen and oxygen atoms in total. The van der Waals surface area contributed by atoms with Gasteiger partial charge in [0, 0.05) is 11.2 Å². The molecule has 0 aromatic rings. The van der Waals surface area contributed by atoms with Gasteiger partial charge in [-0.2, -0.15) is 0 Å². The molecule has 0 spiro atoms. The predicted octanol–water partition coefficient (Wildman–Crippen LogP) is 0.658. The predicted molar refractivity (Wildman–Crippen MR) is 59.0 cm³/mol. The molecule has 0 aliphatic carbocycles. The van der Waals surface area contributed by atoms with E-state index in [9.17, 15) is 8.42 Å². The number of aliphatic hydroxyl groups excluding tert-OH is 1. The SMILES string of the molecule is CCS(=O)(=O)[C@@H](CO)/C(=N/O)C(C)(C)C. The molecule has 0 saturated heterocycles. The third-order valence-electron chi connectivity index (χ3n) is 2.18. The monoisotopic (exact) mass is 237 g/mol. The molecule has 0 rings (SSSR count). The first-order chi connectivity index (χ1) is 6.70. The van der Waals surface area contributed by atoms with Crippen molar-refractivity contribution in [3.05, 3.63) is 0 Å². The van der Waals surface area contributed by atoms with Crippen LogP contribution in [0.5, 0.6) is 0 Å². The average Bonchev–Trinajstić information content (AvgIpc) is 2.11. The molecule has 0 heterocycles. The van der Waals surface area contributed by atoms with E-state index >= 15 is 0 Å². The Kier molecular flexibility index (Phi) is 4.73. The van der Waals surface area contributed by atoms with E-state index in [4.69, 9.17) is 10.3 Å². The molecule has 0 saturated carbocycles. The van der Waals surface area contributed by atoms with Crippen molar-refractivity contribution in [1.82, 2.24) is 0 Å². The van der Waals surface area contributed by atoms with Crippen LogP contribution in [0, 0.1) is 5.41 Å². The molecule has 0 amide bonds. The third-order valence-corrected chi connectivity index (χ3v) is 4.23. The first-order valence-corrected chi connectivity index (χ1v) is 6.47. The highest BCUT2D eigenvalue weighted by Gasteiger charge is 2.35. The summed E-state index contributed by atoms with van der Waals surface area (Å²) in [6.45, 7) is 6.13. The summed E-state index contributed by atoms with van der Waals surface area (Å²) in [5, 5.41) is 19.8. The lowest BCUT2D eigenvalue weighted by atomic mass is 9.88. The summed E-state index contributed by atoms with van der Waals surface area (Å²) in [5.74, 6) is -0.0900. The minimum Gasteiger partial charge on any atom is -0.411 e. The van der Waals surface area contributed by atoms with Gasteiger partial charge in [0.2, 0.25) is 0 Å². The molecule has 0 unspecified atom stereocenters. The maximum absolute atomic E-state index is 11.6. The average molecular weight is 237 g/mol. The summed E-state index contributed by atoms with van der Waals surface area (Å²) in [6.07, 6.45) is 0. The standard InChI is InChI=1S/C9H19NO4S/c1-5-15(13,14)7(6-11)8(10-12)9(2,3)4/h7,11-12H,5-6H2,1-4H3/b10-8-/t7-/m0/s1. The van der Waals surface area contributed by atoms with Crippen molar-refractivity contribution in [3.63, 3.8) is 0 Å². The lowest BCUT2D eigenvalue weighted by molar-refractivity contribution is 0.286. The molecule has 0 bridgehead atoms. The number of sulfone groups is 1. The summed E-state index contributed by atoms with van der Waals surface area (Å²) < 4.78 is 23.3. The van der Waals surface area contributed by atoms with E-state index in [2.05, 4.69) is 5.16 Å². The second kappa shape index (κ2) is 4.94. The summed E-state index contributed by atoms with van der Waals surface area (Å²) in [6, 6.07) is 0. The van der Waals surface area contributed by atoms with Gasteiger partial charge in [0.05, 0.1) is 12.3 Å². The van der Waals surface area contributed by atoms with Gasteiger partial charge in [-0.3, -0.25) is 0 Å². The van der Waals surface area contributed by atoms with Crippen LogP contribution in [0.15, 0.2) is 5.16 Å². The van der Waals surface area contributed by atoms with Crippen molar-refractivity contribution in [2.75, 3.05) is 12.4 Å². The van der Waals surface area contributed by atoms with Crippen molar-refractivity contribution in [2.24, 2.45) is 10.6 Å². The minimum atomic E-state index is -3.45. The van der Waals surface area contributed by atoms with Gasteiger partial charge in [-0.15, -0.1) is 0 Å². The number of hydrogen-bond acceptors (Lipinski definition) is 5. The maximum atomic E-state index is 11.6. The van der Waals surface area contributed by atoms with E-state index in [1.807, 2.05) is 0 Å². The molecule has 0 aliphatic heterocycles. The van der Waals surface area contributed by atoms with Crippen LogP contribution in [0.3, 0.4) is 0 Å². The lowest BCUT2D eigenvalue weighted by Gasteiger charge is -2.25. The van der Waals surface area contributed by atoms with E-state index in [0.29, 0.717) is 0 Å². The minimum absolute atomic E-state index is 0.0897. The van der Waals surface area contributed by atoms with E-state index in [1.165, 1.54) is 6.92 Å². The second-order valence-electron chi connectivity index (χ2n) is 4.36. The summed E-state index contributed by atoms with van der Waals surface area (Å²) in [5.41, 5.74) is -0.503. The summed E-state index contributed by atoms with van der Waals surface area (Å²) in [4.78, 5) is 0. The molecule has 15 heavy (non-hydrogen) atoms. The first kappa shape index (κ1) is 14.4. The van der Waals surface area contributed by atoms with Crippen LogP contribution in [0.25, 0.3) is 0 Å².